The smallest absolute Gasteiger partial charge is 0.237 e. The van der Waals surface area contributed by atoms with Gasteiger partial charge in [-0.15, -0.1) is 0 Å². The van der Waals surface area contributed by atoms with E-state index in [0.29, 0.717) is 5.69 Å². The summed E-state index contributed by atoms with van der Waals surface area (Å²) in [6.07, 6.45) is 0. The van der Waals surface area contributed by atoms with Crippen LogP contribution in [0.5, 0.6) is 0 Å². The minimum atomic E-state index is -0.312. The van der Waals surface area contributed by atoms with Crippen LogP contribution in [0.15, 0.2) is 53.6 Å². The molecule has 1 N–H and O–H groups in total. The number of nitriles is 2. The van der Waals surface area contributed by atoms with Gasteiger partial charge in [0.2, 0.25) is 5.71 Å². The number of halogens is 1. The first kappa shape index (κ1) is 13.3. The maximum Gasteiger partial charge on any atom is 0.237 e. The normalized spacial score (nSPS) is 9.15. The molecule has 0 aromatic heterocycles. The maximum absolute atomic E-state index is 12.9. The van der Waals surface area contributed by atoms with Gasteiger partial charge in [-0.3, -0.25) is 5.43 Å². The minimum Gasteiger partial charge on any atom is -0.276 e. The van der Waals surface area contributed by atoms with Gasteiger partial charge in [0.15, 0.2) is 0 Å². The second kappa shape index (κ2) is 6.12. The number of benzene rings is 2. The summed E-state index contributed by atoms with van der Waals surface area (Å²) < 4.78 is 12.9. The summed E-state index contributed by atoms with van der Waals surface area (Å²) >= 11 is 0. The van der Waals surface area contributed by atoms with E-state index in [9.17, 15) is 4.39 Å². The van der Waals surface area contributed by atoms with Crippen LogP contribution in [0.4, 0.5) is 10.1 Å². The summed E-state index contributed by atoms with van der Waals surface area (Å²) in [5.74, 6) is -0.312. The van der Waals surface area contributed by atoms with Crippen molar-refractivity contribution in [3.63, 3.8) is 0 Å². The zero-order valence-corrected chi connectivity index (χ0v) is 10.3. The quantitative estimate of drug-likeness (QED) is 0.682. The Balaban J connectivity index is 2.37. The molecular weight excluding hydrogens is 255 g/mol. The predicted molar refractivity (Wildman–Crippen MR) is 74.1 cm³/mol. The highest BCUT2D eigenvalue weighted by atomic mass is 19.1. The van der Waals surface area contributed by atoms with E-state index >= 15 is 0 Å². The molecule has 0 bridgehead atoms. The second-order valence-electron chi connectivity index (χ2n) is 3.85. The molecule has 0 saturated carbocycles. The van der Waals surface area contributed by atoms with Crippen molar-refractivity contribution in [3.8, 4) is 23.3 Å². The summed E-state index contributed by atoms with van der Waals surface area (Å²) in [7, 11) is 0. The highest BCUT2D eigenvalue weighted by molar-refractivity contribution is 6.10. The Hall–Kier alpha value is -3.18. The average Bonchev–Trinajstić information content (AvgIpc) is 2.50. The number of nitrogens with one attached hydrogen (secondary N) is 1. The average molecular weight is 264 g/mol. The molecule has 0 amide bonds. The van der Waals surface area contributed by atoms with Crippen LogP contribution >= 0.6 is 0 Å². The lowest BCUT2D eigenvalue weighted by atomic mass is 10.0. The zero-order chi connectivity index (χ0) is 14.4. The van der Waals surface area contributed by atoms with Crippen LogP contribution < -0.4 is 5.43 Å². The standard InChI is InChI=1S/C15H9FN4/c16-12-7-5-11(6-8-12)14-3-1-2-4-15(14)20-19-13(9-17)10-18/h1-8,20H. The first-order chi connectivity index (χ1) is 9.74. The monoisotopic (exact) mass is 264 g/mol. The van der Waals surface area contributed by atoms with Gasteiger partial charge in [0.05, 0.1) is 5.69 Å². The number of hydrogen-bond donors (Lipinski definition) is 1. The van der Waals surface area contributed by atoms with Gasteiger partial charge in [-0.1, -0.05) is 30.3 Å². The second-order valence-corrected chi connectivity index (χ2v) is 3.85. The van der Waals surface area contributed by atoms with Crippen LogP contribution in [-0.4, -0.2) is 5.71 Å². The highest BCUT2D eigenvalue weighted by Crippen LogP contribution is 2.27. The molecule has 0 radical (unpaired) electrons. The van der Waals surface area contributed by atoms with Crippen LogP contribution in [-0.2, 0) is 0 Å². The fourth-order valence-corrected chi connectivity index (χ4v) is 1.65. The molecule has 0 aliphatic carbocycles. The molecule has 0 atom stereocenters. The van der Waals surface area contributed by atoms with Crippen molar-refractivity contribution in [2.75, 3.05) is 5.43 Å². The first-order valence-corrected chi connectivity index (χ1v) is 5.73. The molecule has 0 aliphatic heterocycles. The van der Waals surface area contributed by atoms with Gasteiger partial charge < -0.3 is 0 Å². The number of hydrazone groups is 1. The number of rotatable bonds is 3. The predicted octanol–water partition coefficient (Wildman–Crippen LogP) is 3.31. The van der Waals surface area contributed by atoms with Crippen molar-refractivity contribution in [3.05, 3.63) is 54.3 Å². The lowest BCUT2D eigenvalue weighted by Crippen LogP contribution is -1.97. The fourth-order valence-electron chi connectivity index (χ4n) is 1.65. The lowest BCUT2D eigenvalue weighted by molar-refractivity contribution is 0.628. The van der Waals surface area contributed by atoms with Crippen molar-refractivity contribution in [1.29, 1.82) is 10.5 Å². The Morgan fingerprint density at radius 1 is 1.00 bits per heavy atom. The molecule has 0 fully saturated rings. The van der Waals surface area contributed by atoms with E-state index in [1.54, 1.807) is 36.4 Å². The fraction of sp³-hybridized carbons (Fsp3) is 0. The number of anilines is 1. The van der Waals surface area contributed by atoms with Crippen molar-refractivity contribution in [1.82, 2.24) is 0 Å². The SMILES string of the molecule is N#CC(C#N)=NNc1ccccc1-c1ccc(F)cc1. The van der Waals surface area contributed by atoms with Gasteiger partial charge >= 0.3 is 0 Å². The molecule has 2 aromatic carbocycles. The number of nitrogens with zero attached hydrogens (tertiary/aromatic N) is 3. The van der Waals surface area contributed by atoms with Crippen LogP contribution in [0.3, 0.4) is 0 Å². The molecule has 0 heterocycles. The zero-order valence-electron chi connectivity index (χ0n) is 10.3. The molecular formula is C15H9FN4. The number of hydrogen-bond acceptors (Lipinski definition) is 4. The van der Waals surface area contributed by atoms with Crippen molar-refractivity contribution < 1.29 is 4.39 Å². The Kier molecular flexibility index (Phi) is 4.06. The van der Waals surface area contributed by atoms with E-state index in [-0.39, 0.29) is 11.5 Å². The third-order valence-electron chi connectivity index (χ3n) is 2.58. The molecule has 0 saturated heterocycles. The van der Waals surface area contributed by atoms with Crippen LogP contribution in [0.2, 0.25) is 0 Å². The molecule has 5 heteroatoms. The molecule has 2 rings (SSSR count). The van der Waals surface area contributed by atoms with Gasteiger partial charge in [-0.2, -0.15) is 15.6 Å². The molecule has 0 unspecified atom stereocenters. The topological polar surface area (TPSA) is 72.0 Å². The van der Waals surface area contributed by atoms with Crippen LogP contribution in [0.1, 0.15) is 0 Å². The Morgan fingerprint density at radius 2 is 1.65 bits per heavy atom. The largest absolute Gasteiger partial charge is 0.276 e. The minimum absolute atomic E-state index is 0.265. The lowest BCUT2D eigenvalue weighted by Gasteiger charge is -2.08. The van der Waals surface area contributed by atoms with E-state index in [1.807, 2.05) is 12.1 Å². The van der Waals surface area contributed by atoms with Gasteiger partial charge in [0.1, 0.15) is 18.0 Å². The summed E-state index contributed by atoms with van der Waals surface area (Å²) in [5, 5.41) is 21.0. The molecule has 4 nitrogen and oxygen atoms in total. The Bertz CT molecular complexity index is 705. The van der Waals surface area contributed by atoms with Crippen molar-refractivity contribution >= 4 is 11.4 Å². The van der Waals surface area contributed by atoms with E-state index in [1.165, 1.54) is 12.1 Å². The van der Waals surface area contributed by atoms with E-state index in [2.05, 4.69) is 10.5 Å². The van der Waals surface area contributed by atoms with Gasteiger partial charge in [-0.25, -0.2) is 4.39 Å². The molecule has 0 aliphatic rings. The summed E-state index contributed by atoms with van der Waals surface area (Å²) in [5.41, 5.74) is 4.64. The summed E-state index contributed by atoms with van der Waals surface area (Å²) in [6.45, 7) is 0. The summed E-state index contributed by atoms with van der Waals surface area (Å²) in [6, 6.07) is 16.6. The summed E-state index contributed by atoms with van der Waals surface area (Å²) in [4.78, 5) is 0. The van der Waals surface area contributed by atoms with E-state index in [0.717, 1.165) is 11.1 Å². The molecule has 96 valence electrons. The van der Waals surface area contributed by atoms with Gasteiger partial charge in [-0.05, 0) is 23.8 Å². The van der Waals surface area contributed by atoms with E-state index in [4.69, 9.17) is 10.5 Å². The maximum atomic E-state index is 12.9. The van der Waals surface area contributed by atoms with Crippen molar-refractivity contribution in [2.24, 2.45) is 5.10 Å². The van der Waals surface area contributed by atoms with Crippen LogP contribution in [0, 0.1) is 28.5 Å². The number of para-hydroxylation sites is 1. The molecule has 0 spiro atoms. The first-order valence-electron chi connectivity index (χ1n) is 5.73. The third-order valence-corrected chi connectivity index (χ3v) is 2.58. The van der Waals surface area contributed by atoms with E-state index < -0.39 is 0 Å². The van der Waals surface area contributed by atoms with Gasteiger partial charge in [0, 0.05) is 5.56 Å². The van der Waals surface area contributed by atoms with Crippen molar-refractivity contribution in [2.45, 2.75) is 0 Å². The molecule has 2 aromatic rings. The van der Waals surface area contributed by atoms with Crippen LogP contribution in [0.25, 0.3) is 11.1 Å². The Morgan fingerprint density at radius 3 is 2.30 bits per heavy atom. The van der Waals surface area contributed by atoms with Gasteiger partial charge in [0.25, 0.3) is 0 Å². The third kappa shape index (κ3) is 2.98. The molecule has 20 heavy (non-hydrogen) atoms. The Labute approximate surface area is 115 Å². The highest BCUT2D eigenvalue weighted by Gasteiger charge is 2.04.